The molecule has 29 heavy (non-hydrogen) atoms. The number of benzene rings is 2. The zero-order valence-corrected chi connectivity index (χ0v) is 18.3. The summed E-state index contributed by atoms with van der Waals surface area (Å²) in [5.74, 6) is 0.314. The van der Waals surface area contributed by atoms with Crippen molar-refractivity contribution in [3.05, 3.63) is 48.5 Å². The molecule has 6 nitrogen and oxygen atoms in total. The van der Waals surface area contributed by atoms with Crippen molar-refractivity contribution in [3.63, 3.8) is 0 Å². The summed E-state index contributed by atoms with van der Waals surface area (Å²) in [7, 11) is 0.143. The summed E-state index contributed by atoms with van der Waals surface area (Å²) in [6, 6.07) is 14.5. The van der Waals surface area contributed by atoms with Gasteiger partial charge in [0.25, 0.3) is 0 Å². The van der Waals surface area contributed by atoms with E-state index in [1.54, 1.807) is 13.0 Å². The molecule has 0 fully saturated rings. The van der Waals surface area contributed by atoms with E-state index in [9.17, 15) is 13.5 Å². The monoisotopic (exact) mass is 418 g/mol. The van der Waals surface area contributed by atoms with Crippen LogP contribution in [0.2, 0.25) is 0 Å². The van der Waals surface area contributed by atoms with Crippen LogP contribution in [0.1, 0.15) is 13.8 Å². The second-order valence-electron chi connectivity index (χ2n) is 8.03. The van der Waals surface area contributed by atoms with Gasteiger partial charge in [-0.15, -0.1) is 0 Å². The standard InChI is InChI=1S/C22H30N2O4S/c1-16-13-24(17(2)15-25)29(26,27)22-11-10-19(18-8-6-5-7-9-18)12-20(22)28-21(16)14-23(3)4/h5-12,16-17,21,25H,13-15H2,1-4H3/t16-,17+,21+/m0/s1. The van der Waals surface area contributed by atoms with Gasteiger partial charge in [0.1, 0.15) is 16.7 Å². The summed E-state index contributed by atoms with van der Waals surface area (Å²) in [6.07, 6.45) is -0.182. The topological polar surface area (TPSA) is 70.1 Å². The highest BCUT2D eigenvalue weighted by Crippen LogP contribution is 2.36. The summed E-state index contributed by atoms with van der Waals surface area (Å²) in [6.45, 7) is 4.45. The molecule has 3 rings (SSSR count). The van der Waals surface area contributed by atoms with E-state index in [2.05, 4.69) is 0 Å². The Balaban J connectivity index is 2.14. The molecule has 1 aliphatic rings. The highest BCUT2D eigenvalue weighted by atomic mass is 32.2. The van der Waals surface area contributed by atoms with E-state index in [0.29, 0.717) is 18.8 Å². The van der Waals surface area contributed by atoms with Gasteiger partial charge in [0, 0.05) is 25.0 Å². The summed E-state index contributed by atoms with van der Waals surface area (Å²) in [5, 5.41) is 9.67. The molecule has 0 bridgehead atoms. The molecule has 1 heterocycles. The fourth-order valence-corrected chi connectivity index (χ4v) is 5.44. The van der Waals surface area contributed by atoms with Gasteiger partial charge in [-0.2, -0.15) is 4.31 Å². The van der Waals surface area contributed by atoms with Crippen molar-refractivity contribution >= 4 is 10.0 Å². The molecule has 0 unspecified atom stereocenters. The lowest BCUT2D eigenvalue weighted by Crippen LogP contribution is -2.49. The fourth-order valence-electron chi connectivity index (χ4n) is 3.61. The Bertz CT molecular complexity index is 931. The Morgan fingerprint density at radius 1 is 1.17 bits per heavy atom. The summed E-state index contributed by atoms with van der Waals surface area (Å²) in [4.78, 5) is 2.19. The number of rotatable bonds is 5. The number of aliphatic hydroxyl groups excluding tert-OH is 1. The van der Waals surface area contributed by atoms with E-state index in [0.717, 1.165) is 11.1 Å². The third-order valence-corrected chi connectivity index (χ3v) is 7.34. The van der Waals surface area contributed by atoms with E-state index in [-0.39, 0.29) is 23.5 Å². The molecule has 7 heteroatoms. The van der Waals surface area contributed by atoms with Crippen LogP contribution in [0.5, 0.6) is 5.75 Å². The Hall–Kier alpha value is -1.93. The van der Waals surface area contributed by atoms with E-state index in [4.69, 9.17) is 4.74 Å². The first-order valence-electron chi connectivity index (χ1n) is 9.87. The largest absolute Gasteiger partial charge is 0.487 e. The van der Waals surface area contributed by atoms with Gasteiger partial charge >= 0.3 is 0 Å². The smallest absolute Gasteiger partial charge is 0.247 e. The van der Waals surface area contributed by atoms with Crippen molar-refractivity contribution in [1.82, 2.24) is 9.21 Å². The van der Waals surface area contributed by atoms with Gasteiger partial charge in [0.05, 0.1) is 6.61 Å². The Labute approximate surface area is 173 Å². The van der Waals surface area contributed by atoms with Gasteiger partial charge in [-0.25, -0.2) is 8.42 Å². The molecule has 0 saturated carbocycles. The first kappa shape index (κ1) is 21.8. The lowest BCUT2D eigenvalue weighted by molar-refractivity contribution is 0.0813. The van der Waals surface area contributed by atoms with E-state index < -0.39 is 16.1 Å². The molecule has 0 radical (unpaired) electrons. The van der Waals surface area contributed by atoms with Crippen LogP contribution in [0.15, 0.2) is 53.4 Å². The van der Waals surface area contributed by atoms with Crippen molar-refractivity contribution < 1.29 is 18.3 Å². The SMILES string of the molecule is C[C@H](CO)N1C[C@H](C)[C@@H](CN(C)C)Oc2cc(-c3ccccc3)ccc2S1(=O)=O. The van der Waals surface area contributed by atoms with Crippen LogP contribution in [0.25, 0.3) is 11.1 Å². The molecule has 2 aromatic rings. The minimum absolute atomic E-state index is 0.0466. The van der Waals surface area contributed by atoms with Gasteiger partial charge in [-0.3, -0.25) is 0 Å². The van der Waals surface area contributed by atoms with Crippen molar-refractivity contribution in [2.24, 2.45) is 5.92 Å². The number of likely N-dealkylation sites (N-methyl/N-ethyl adjacent to an activating group) is 1. The molecule has 0 aromatic heterocycles. The first-order chi connectivity index (χ1) is 13.7. The van der Waals surface area contributed by atoms with Crippen molar-refractivity contribution in [2.45, 2.75) is 30.9 Å². The maximum atomic E-state index is 13.4. The summed E-state index contributed by atoms with van der Waals surface area (Å²) < 4.78 is 34.6. The molecule has 0 aliphatic carbocycles. The molecule has 2 aromatic carbocycles. The first-order valence-corrected chi connectivity index (χ1v) is 11.3. The number of aliphatic hydroxyl groups is 1. The normalized spacial score (nSPS) is 23.0. The highest BCUT2D eigenvalue weighted by Gasteiger charge is 2.37. The van der Waals surface area contributed by atoms with Crippen LogP contribution >= 0.6 is 0 Å². The average molecular weight is 419 g/mol. The molecule has 158 valence electrons. The molecule has 3 atom stereocenters. The van der Waals surface area contributed by atoms with E-state index in [1.165, 1.54) is 4.31 Å². The fraction of sp³-hybridized carbons (Fsp3) is 0.455. The van der Waals surface area contributed by atoms with Gasteiger partial charge in [0.15, 0.2) is 0 Å². The number of hydrogen-bond acceptors (Lipinski definition) is 5. The van der Waals surface area contributed by atoms with Crippen LogP contribution in [-0.2, 0) is 10.0 Å². The molecular formula is C22H30N2O4S. The lowest BCUT2D eigenvalue weighted by Gasteiger charge is -2.37. The predicted molar refractivity (Wildman–Crippen MR) is 114 cm³/mol. The third-order valence-electron chi connectivity index (χ3n) is 5.32. The number of fused-ring (bicyclic) bond motifs is 1. The van der Waals surface area contributed by atoms with E-state index in [1.807, 2.05) is 68.4 Å². The number of nitrogens with zero attached hydrogens (tertiary/aromatic N) is 2. The summed E-state index contributed by atoms with van der Waals surface area (Å²) >= 11 is 0. The molecule has 1 aliphatic heterocycles. The van der Waals surface area contributed by atoms with Crippen LogP contribution in [-0.4, -0.2) is 68.7 Å². The predicted octanol–water partition coefficient (Wildman–Crippen LogP) is 2.68. The maximum Gasteiger partial charge on any atom is 0.247 e. The highest BCUT2D eigenvalue weighted by molar-refractivity contribution is 7.89. The van der Waals surface area contributed by atoms with Gasteiger partial charge in [-0.1, -0.05) is 43.3 Å². The average Bonchev–Trinajstić information content (AvgIpc) is 2.70. The van der Waals surface area contributed by atoms with Crippen LogP contribution < -0.4 is 4.74 Å². The van der Waals surface area contributed by atoms with Crippen LogP contribution in [0, 0.1) is 5.92 Å². The number of hydrogen-bond donors (Lipinski definition) is 1. The summed E-state index contributed by atoms with van der Waals surface area (Å²) in [5.41, 5.74) is 1.90. The lowest BCUT2D eigenvalue weighted by atomic mass is 10.0. The van der Waals surface area contributed by atoms with Gasteiger partial charge in [0.2, 0.25) is 10.0 Å². The van der Waals surface area contributed by atoms with Gasteiger partial charge in [-0.05, 0) is 44.3 Å². The van der Waals surface area contributed by atoms with Crippen LogP contribution in [0.4, 0.5) is 0 Å². The number of ether oxygens (including phenoxy) is 1. The Morgan fingerprint density at radius 3 is 2.48 bits per heavy atom. The molecule has 0 spiro atoms. The molecule has 0 saturated heterocycles. The van der Waals surface area contributed by atoms with Crippen molar-refractivity contribution in [3.8, 4) is 16.9 Å². The minimum Gasteiger partial charge on any atom is -0.487 e. The zero-order chi connectivity index (χ0) is 21.2. The number of sulfonamides is 1. The molecule has 0 amide bonds. The van der Waals surface area contributed by atoms with Crippen molar-refractivity contribution in [2.75, 3.05) is 33.8 Å². The second-order valence-corrected chi connectivity index (χ2v) is 9.89. The Kier molecular flexibility index (Phi) is 6.63. The second kappa shape index (κ2) is 8.83. The minimum atomic E-state index is -3.80. The van der Waals surface area contributed by atoms with Gasteiger partial charge < -0.3 is 14.7 Å². The van der Waals surface area contributed by atoms with Crippen LogP contribution in [0.3, 0.4) is 0 Å². The molecule has 1 N–H and O–H groups in total. The maximum absolute atomic E-state index is 13.4. The van der Waals surface area contributed by atoms with E-state index >= 15 is 0 Å². The Morgan fingerprint density at radius 2 is 1.86 bits per heavy atom. The third kappa shape index (κ3) is 4.64. The van der Waals surface area contributed by atoms with Crippen molar-refractivity contribution in [1.29, 1.82) is 0 Å². The zero-order valence-electron chi connectivity index (χ0n) is 17.4. The molecular weight excluding hydrogens is 388 g/mol. The quantitative estimate of drug-likeness (QED) is 0.809.